The van der Waals surface area contributed by atoms with Gasteiger partial charge in [0, 0.05) is 25.5 Å². The van der Waals surface area contributed by atoms with E-state index in [9.17, 15) is 4.79 Å². The number of nitrogens with zero attached hydrogens (tertiary/aromatic N) is 1. The maximum atomic E-state index is 12.2. The summed E-state index contributed by atoms with van der Waals surface area (Å²) >= 11 is 0. The fourth-order valence-electron chi connectivity index (χ4n) is 2.18. The highest BCUT2D eigenvalue weighted by molar-refractivity contribution is 5.94. The van der Waals surface area contributed by atoms with Gasteiger partial charge in [-0.15, -0.1) is 0 Å². The topological polar surface area (TPSA) is 54.0 Å². The van der Waals surface area contributed by atoms with Crippen molar-refractivity contribution in [3.05, 3.63) is 59.4 Å². The number of hydrogen-bond donors (Lipinski definition) is 2. The van der Waals surface area contributed by atoms with Gasteiger partial charge in [0.2, 0.25) is 0 Å². The number of carbonyl (C=O) groups is 1. The fraction of sp³-hybridized carbons (Fsp3) is 0.333. The zero-order chi connectivity index (χ0) is 15.8. The van der Waals surface area contributed by atoms with Crippen molar-refractivity contribution in [1.29, 1.82) is 0 Å². The average molecular weight is 297 g/mol. The molecule has 1 aromatic heterocycles. The number of rotatable bonds is 7. The molecule has 116 valence electrons. The molecule has 0 aliphatic rings. The van der Waals surface area contributed by atoms with Gasteiger partial charge in [0.15, 0.2) is 0 Å². The lowest BCUT2D eigenvalue weighted by Gasteiger charge is -2.08. The van der Waals surface area contributed by atoms with E-state index < -0.39 is 0 Å². The van der Waals surface area contributed by atoms with Crippen molar-refractivity contribution >= 4 is 11.6 Å². The third kappa shape index (κ3) is 4.88. The molecule has 0 bridgehead atoms. The predicted molar refractivity (Wildman–Crippen MR) is 90.0 cm³/mol. The maximum absolute atomic E-state index is 12.2. The molecule has 4 heteroatoms. The van der Waals surface area contributed by atoms with Gasteiger partial charge in [-0.1, -0.05) is 43.2 Å². The summed E-state index contributed by atoms with van der Waals surface area (Å²) in [6, 6.07) is 9.96. The van der Waals surface area contributed by atoms with Gasteiger partial charge >= 0.3 is 0 Å². The van der Waals surface area contributed by atoms with Crippen LogP contribution in [0.15, 0.2) is 42.7 Å². The number of carbonyl (C=O) groups excluding carboxylic acids is 1. The molecule has 4 nitrogen and oxygen atoms in total. The lowest BCUT2D eigenvalue weighted by Crippen LogP contribution is -2.23. The van der Waals surface area contributed by atoms with Crippen LogP contribution in [-0.2, 0) is 6.54 Å². The minimum Gasteiger partial charge on any atom is -0.384 e. The molecule has 2 rings (SSSR count). The Kier molecular flexibility index (Phi) is 5.95. The van der Waals surface area contributed by atoms with Crippen LogP contribution in [0.25, 0.3) is 0 Å². The maximum Gasteiger partial charge on any atom is 0.253 e. The summed E-state index contributed by atoms with van der Waals surface area (Å²) < 4.78 is 0. The zero-order valence-corrected chi connectivity index (χ0v) is 13.2. The fourth-order valence-corrected chi connectivity index (χ4v) is 2.18. The van der Waals surface area contributed by atoms with Gasteiger partial charge in [0.05, 0.1) is 11.3 Å². The molecule has 0 aliphatic carbocycles. The summed E-state index contributed by atoms with van der Waals surface area (Å²) in [6.07, 6.45) is 5.57. The Hall–Kier alpha value is -2.36. The van der Waals surface area contributed by atoms with Crippen molar-refractivity contribution in [2.75, 3.05) is 11.9 Å². The van der Waals surface area contributed by atoms with Gasteiger partial charge in [-0.05, 0) is 25.0 Å². The van der Waals surface area contributed by atoms with Gasteiger partial charge in [-0.3, -0.25) is 9.78 Å². The van der Waals surface area contributed by atoms with E-state index in [-0.39, 0.29) is 5.91 Å². The molecule has 22 heavy (non-hydrogen) atoms. The van der Waals surface area contributed by atoms with Crippen molar-refractivity contribution in [3.63, 3.8) is 0 Å². The van der Waals surface area contributed by atoms with Crippen LogP contribution in [-0.4, -0.2) is 17.4 Å². The van der Waals surface area contributed by atoms with Crippen molar-refractivity contribution in [2.24, 2.45) is 0 Å². The molecule has 0 unspecified atom stereocenters. The Morgan fingerprint density at radius 2 is 2.09 bits per heavy atom. The van der Waals surface area contributed by atoms with E-state index in [0.29, 0.717) is 12.1 Å². The number of aromatic nitrogens is 1. The largest absolute Gasteiger partial charge is 0.384 e. The van der Waals surface area contributed by atoms with E-state index in [1.54, 1.807) is 12.4 Å². The molecular formula is C18H23N3O. The summed E-state index contributed by atoms with van der Waals surface area (Å²) in [4.78, 5) is 16.3. The highest BCUT2D eigenvalue weighted by Gasteiger charge is 2.06. The number of hydrogen-bond acceptors (Lipinski definition) is 3. The van der Waals surface area contributed by atoms with Gasteiger partial charge in [-0.2, -0.15) is 0 Å². The zero-order valence-electron chi connectivity index (χ0n) is 13.2. The Balaban J connectivity index is 1.93. The Morgan fingerprint density at radius 3 is 2.86 bits per heavy atom. The van der Waals surface area contributed by atoms with Crippen LogP contribution >= 0.6 is 0 Å². The molecule has 1 amide bonds. The molecule has 0 fully saturated rings. The molecule has 0 saturated heterocycles. The van der Waals surface area contributed by atoms with Gasteiger partial charge in [0.1, 0.15) is 0 Å². The van der Waals surface area contributed by atoms with E-state index in [0.717, 1.165) is 30.6 Å². The minimum absolute atomic E-state index is 0.104. The van der Waals surface area contributed by atoms with E-state index in [1.165, 1.54) is 5.56 Å². The van der Waals surface area contributed by atoms with Gasteiger partial charge in [0.25, 0.3) is 5.91 Å². The Morgan fingerprint density at radius 1 is 1.23 bits per heavy atom. The highest BCUT2D eigenvalue weighted by Crippen LogP contribution is 2.09. The second-order valence-electron chi connectivity index (χ2n) is 5.41. The molecule has 0 saturated carbocycles. The number of benzene rings is 1. The predicted octanol–water partition coefficient (Wildman–Crippen LogP) is 3.53. The SMILES string of the molecule is CCCCNc1cncc(C(=O)NCc2cccc(C)c2)c1. The summed E-state index contributed by atoms with van der Waals surface area (Å²) in [7, 11) is 0. The molecule has 0 radical (unpaired) electrons. The van der Waals surface area contributed by atoms with Crippen LogP contribution in [0.3, 0.4) is 0 Å². The van der Waals surface area contributed by atoms with Crippen molar-refractivity contribution in [2.45, 2.75) is 33.2 Å². The average Bonchev–Trinajstić information content (AvgIpc) is 2.53. The summed E-state index contributed by atoms with van der Waals surface area (Å²) in [5, 5.41) is 6.21. The molecule has 2 aromatic rings. The standard InChI is InChI=1S/C18H23N3O/c1-3-4-8-20-17-10-16(12-19-13-17)18(22)21-11-15-7-5-6-14(2)9-15/h5-7,9-10,12-13,20H,3-4,8,11H2,1-2H3,(H,21,22). The lowest BCUT2D eigenvalue weighted by atomic mass is 10.1. The van der Waals surface area contributed by atoms with Crippen molar-refractivity contribution in [1.82, 2.24) is 10.3 Å². The number of nitrogens with one attached hydrogen (secondary N) is 2. The quantitative estimate of drug-likeness (QED) is 0.769. The summed E-state index contributed by atoms with van der Waals surface area (Å²) in [6.45, 7) is 5.61. The van der Waals surface area contributed by atoms with E-state index in [2.05, 4.69) is 28.6 Å². The molecule has 0 aliphatic heterocycles. The number of unbranched alkanes of at least 4 members (excludes halogenated alkanes) is 1. The molecule has 0 atom stereocenters. The number of anilines is 1. The van der Waals surface area contributed by atoms with E-state index >= 15 is 0 Å². The Bertz CT molecular complexity index is 625. The number of aryl methyl sites for hydroxylation is 1. The van der Waals surface area contributed by atoms with E-state index in [4.69, 9.17) is 0 Å². The van der Waals surface area contributed by atoms with Crippen LogP contribution in [0.1, 0.15) is 41.3 Å². The first-order valence-corrected chi connectivity index (χ1v) is 7.71. The number of amides is 1. The van der Waals surface area contributed by atoms with Crippen molar-refractivity contribution < 1.29 is 4.79 Å². The molecule has 0 spiro atoms. The second kappa shape index (κ2) is 8.17. The first-order chi connectivity index (χ1) is 10.7. The van der Waals surface area contributed by atoms with E-state index in [1.807, 2.05) is 31.2 Å². The smallest absolute Gasteiger partial charge is 0.253 e. The summed E-state index contributed by atoms with van der Waals surface area (Å²) in [5.74, 6) is -0.104. The van der Waals surface area contributed by atoms with Crippen LogP contribution < -0.4 is 10.6 Å². The first kappa shape index (κ1) is 16.0. The first-order valence-electron chi connectivity index (χ1n) is 7.71. The normalized spacial score (nSPS) is 10.3. The molecule has 2 N–H and O–H groups in total. The highest BCUT2D eigenvalue weighted by atomic mass is 16.1. The third-order valence-corrected chi connectivity index (χ3v) is 3.40. The molecule has 1 heterocycles. The number of pyridine rings is 1. The third-order valence-electron chi connectivity index (χ3n) is 3.40. The van der Waals surface area contributed by atoms with Crippen LogP contribution in [0.5, 0.6) is 0 Å². The van der Waals surface area contributed by atoms with Crippen LogP contribution in [0.2, 0.25) is 0 Å². The van der Waals surface area contributed by atoms with Crippen molar-refractivity contribution in [3.8, 4) is 0 Å². The minimum atomic E-state index is -0.104. The van der Waals surface area contributed by atoms with Gasteiger partial charge < -0.3 is 10.6 Å². The molecule has 1 aromatic carbocycles. The van der Waals surface area contributed by atoms with Crippen LogP contribution in [0.4, 0.5) is 5.69 Å². The lowest BCUT2D eigenvalue weighted by molar-refractivity contribution is 0.0950. The van der Waals surface area contributed by atoms with Crippen LogP contribution in [0, 0.1) is 6.92 Å². The molecular weight excluding hydrogens is 274 g/mol. The Labute approximate surface area is 132 Å². The monoisotopic (exact) mass is 297 g/mol. The second-order valence-corrected chi connectivity index (χ2v) is 5.41. The summed E-state index contributed by atoms with van der Waals surface area (Å²) in [5.41, 5.74) is 3.75. The van der Waals surface area contributed by atoms with Gasteiger partial charge in [-0.25, -0.2) is 0 Å².